The van der Waals surface area contributed by atoms with Gasteiger partial charge in [0.15, 0.2) is 5.13 Å². The van der Waals surface area contributed by atoms with Crippen molar-refractivity contribution in [1.82, 2.24) is 4.98 Å². The van der Waals surface area contributed by atoms with Crippen molar-refractivity contribution in [3.05, 3.63) is 70.7 Å². The summed E-state index contributed by atoms with van der Waals surface area (Å²) in [6, 6.07) is 14.4. The maximum absolute atomic E-state index is 12.5. The van der Waals surface area contributed by atoms with E-state index in [0.717, 1.165) is 17.0 Å². The summed E-state index contributed by atoms with van der Waals surface area (Å²) in [5.74, 6) is -0.341. The zero-order valence-corrected chi connectivity index (χ0v) is 16.5. The summed E-state index contributed by atoms with van der Waals surface area (Å²) >= 11 is 1.42. The third kappa shape index (κ3) is 4.53. The second kappa shape index (κ2) is 7.89. The number of carbonyl (C=O) groups excluding carboxylic acids is 1. The van der Waals surface area contributed by atoms with Gasteiger partial charge in [0.2, 0.25) is 0 Å². The Balaban J connectivity index is 1.77. The van der Waals surface area contributed by atoms with E-state index in [4.69, 9.17) is 0 Å². The van der Waals surface area contributed by atoms with E-state index in [1.807, 2.05) is 13.8 Å². The van der Waals surface area contributed by atoms with Gasteiger partial charge in [-0.05, 0) is 43.7 Å². The molecular formula is C19H19N3O3S2. The van der Waals surface area contributed by atoms with Crippen molar-refractivity contribution in [3.8, 4) is 0 Å². The van der Waals surface area contributed by atoms with Crippen molar-refractivity contribution in [1.29, 1.82) is 0 Å². The lowest BCUT2D eigenvalue weighted by atomic mass is 10.2. The number of rotatable bonds is 6. The van der Waals surface area contributed by atoms with E-state index in [0.29, 0.717) is 16.4 Å². The predicted molar refractivity (Wildman–Crippen MR) is 108 cm³/mol. The summed E-state index contributed by atoms with van der Waals surface area (Å²) < 4.78 is 27.3. The van der Waals surface area contributed by atoms with Gasteiger partial charge in [-0.1, -0.05) is 31.2 Å². The SMILES string of the molecule is CCc1nc(NC(=O)c2cccc(NS(=O)(=O)c3ccccc3)c2)sc1C. The highest BCUT2D eigenvalue weighted by Gasteiger charge is 2.15. The average Bonchev–Trinajstić information content (AvgIpc) is 3.01. The first-order valence-corrected chi connectivity index (χ1v) is 10.6. The molecular weight excluding hydrogens is 382 g/mol. The van der Waals surface area contributed by atoms with Gasteiger partial charge in [0.05, 0.1) is 10.6 Å². The second-order valence-corrected chi connectivity index (χ2v) is 8.71. The number of aromatic nitrogens is 1. The Morgan fingerprint density at radius 2 is 1.85 bits per heavy atom. The van der Waals surface area contributed by atoms with Crippen LogP contribution in [0.3, 0.4) is 0 Å². The standard InChI is InChI=1S/C19H19N3O3S2/c1-3-17-13(2)26-19(20-17)21-18(23)14-8-7-9-15(12-14)22-27(24,25)16-10-5-4-6-11-16/h4-12,22H,3H2,1-2H3,(H,20,21,23). The molecule has 8 heteroatoms. The van der Waals surface area contributed by atoms with Crippen LogP contribution in [0.15, 0.2) is 59.5 Å². The van der Waals surface area contributed by atoms with Gasteiger partial charge in [0.25, 0.3) is 15.9 Å². The number of sulfonamides is 1. The number of anilines is 2. The maximum atomic E-state index is 12.5. The van der Waals surface area contributed by atoms with Crippen LogP contribution >= 0.6 is 11.3 Å². The van der Waals surface area contributed by atoms with Crippen molar-refractivity contribution in [2.45, 2.75) is 25.2 Å². The lowest BCUT2D eigenvalue weighted by molar-refractivity contribution is 0.102. The first-order valence-electron chi connectivity index (χ1n) is 8.34. The Morgan fingerprint density at radius 1 is 1.11 bits per heavy atom. The van der Waals surface area contributed by atoms with Crippen molar-refractivity contribution in [2.24, 2.45) is 0 Å². The van der Waals surface area contributed by atoms with Crippen molar-refractivity contribution in [2.75, 3.05) is 10.0 Å². The smallest absolute Gasteiger partial charge is 0.261 e. The summed E-state index contributed by atoms with van der Waals surface area (Å²) in [5, 5.41) is 3.30. The molecule has 0 aliphatic carbocycles. The Bertz CT molecular complexity index is 1060. The highest BCUT2D eigenvalue weighted by atomic mass is 32.2. The minimum Gasteiger partial charge on any atom is -0.298 e. The molecule has 1 heterocycles. The van der Waals surface area contributed by atoms with Crippen LogP contribution in [-0.2, 0) is 16.4 Å². The van der Waals surface area contributed by atoms with Crippen LogP contribution in [0.4, 0.5) is 10.8 Å². The van der Waals surface area contributed by atoms with Gasteiger partial charge < -0.3 is 0 Å². The fourth-order valence-electron chi connectivity index (χ4n) is 2.52. The van der Waals surface area contributed by atoms with E-state index in [1.165, 1.54) is 29.5 Å². The topological polar surface area (TPSA) is 88.2 Å². The summed E-state index contributed by atoms with van der Waals surface area (Å²) in [6.45, 7) is 3.97. The highest BCUT2D eigenvalue weighted by molar-refractivity contribution is 7.92. The summed E-state index contributed by atoms with van der Waals surface area (Å²) in [6.07, 6.45) is 0.801. The lowest BCUT2D eigenvalue weighted by Gasteiger charge is -2.09. The Labute approximate surface area is 162 Å². The van der Waals surface area contributed by atoms with E-state index < -0.39 is 10.0 Å². The number of hydrogen-bond donors (Lipinski definition) is 2. The molecule has 27 heavy (non-hydrogen) atoms. The molecule has 0 fully saturated rings. The third-order valence-electron chi connectivity index (χ3n) is 3.88. The molecule has 0 radical (unpaired) electrons. The molecule has 1 amide bonds. The van der Waals surface area contributed by atoms with E-state index in [9.17, 15) is 13.2 Å². The first-order chi connectivity index (χ1) is 12.9. The molecule has 0 aliphatic heterocycles. The van der Waals surface area contributed by atoms with E-state index in [1.54, 1.807) is 36.4 Å². The second-order valence-electron chi connectivity index (χ2n) is 5.83. The first kappa shape index (κ1) is 19.1. The van der Waals surface area contributed by atoms with Crippen LogP contribution in [0.1, 0.15) is 27.9 Å². The number of hydrogen-bond acceptors (Lipinski definition) is 5. The van der Waals surface area contributed by atoms with Crippen molar-refractivity contribution in [3.63, 3.8) is 0 Å². The maximum Gasteiger partial charge on any atom is 0.261 e. The van der Waals surface area contributed by atoms with Crippen LogP contribution in [0.25, 0.3) is 0 Å². The molecule has 2 N–H and O–H groups in total. The summed E-state index contributed by atoms with van der Waals surface area (Å²) in [5.41, 5.74) is 1.62. The quantitative estimate of drug-likeness (QED) is 0.652. The molecule has 6 nitrogen and oxygen atoms in total. The molecule has 0 saturated heterocycles. The molecule has 0 spiro atoms. The summed E-state index contributed by atoms with van der Waals surface area (Å²) in [4.78, 5) is 18.1. The van der Waals surface area contributed by atoms with Gasteiger partial charge in [-0.2, -0.15) is 0 Å². The van der Waals surface area contributed by atoms with Crippen molar-refractivity contribution >= 4 is 38.1 Å². The van der Waals surface area contributed by atoms with Crippen LogP contribution < -0.4 is 10.0 Å². The number of thiazole rings is 1. The fraction of sp³-hybridized carbons (Fsp3) is 0.158. The molecule has 1 aromatic heterocycles. The number of carbonyl (C=O) groups is 1. The van der Waals surface area contributed by atoms with E-state index in [-0.39, 0.29) is 10.8 Å². The molecule has 0 saturated carbocycles. The minimum atomic E-state index is -3.71. The molecule has 140 valence electrons. The van der Waals surface area contributed by atoms with Crippen LogP contribution in [0.2, 0.25) is 0 Å². The predicted octanol–water partition coefficient (Wildman–Crippen LogP) is 4.07. The molecule has 3 rings (SSSR count). The summed E-state index contributed by atoms with van der Waals surface area (Å²) in [7, 11) is -3.71. The average molecular weight is 402 g/mol. The number of aryl methyl sites for hydroxylation is 2. The number of amides is 1. The van der Waals surface area contributed by atoms with E-state index in [2.05, 4.69) is 15.0 Å². The monoisotopic (exact) mass is 401 g/mol. The van der Waals surface area contributed by atoms with Gasteiger partial charge >= 0.3 is 0 Å². The molecule has 0 atom stereocenters. The largest absolute Gasteiger partial charge is 0.298 e. The van der Waals surface area contributed by atoms with Gasteiger partial charge in [0, 0.05) is 16.1 Å². The molecule has 0 aliphatic rings. The van der Waals surface area contributed by atoms with Crippen LogP contribution in [0, 0.1) is 6.92 Å². The number of nitrogens with zero attached hydrogens (tertiary/aromatic N) is 1. The fourth-order valence-corrected chi connectivity index (χ4v) is 4.48. The van der Waals surface area contributed by atoms with Gasteiger partial charge in [-0.25, -0.2) is 13.4 Å². The zero-order valence-electron chi connectivity index (χ0n) is 14.9. The molecule has 3 aromatic rings. The third-order valence-corrected chi connectivity index (χ3v) is 6.20. The van der Waals surface area contributed by atoms with Crippen LogP contribution in [-0.4, -0.2) is 19.3 Å². The highest BCUT2D eigenvalue weighted by Crippen LogP contribution is 2.23. The number of nitrogens with one attached hydrogen (secondary N) is 2. The Kier molecular flexibility index (Phi) is 5.57. The lowest BCUT2D eigenvalue weighted by Crippen LogP contribution is -2.15. The van der Waals surface area contributed by atoms with E-state index >= 15 is 0 Å². The Morgan fingerprint density at radius 3 is 2.52 bits per heavy atom. The normalized spacial score (nSPS) is 11.2. The van der Waals surface area contributed by atoms with Gasteiger partial charge in [0.1, 0.15) is 0 Å². The van der Waals surface area contributed by atoms with Crippen molar-refractivity contribution < 1.29 is 13.2 Å². The van der Waals surface area contributed by atoms with Gasteiger partial charge in [-0.15, -0.1) is 11.3 Å². The van der Waals surface area contributed by atoms with Crippen LogP contribution in [0.5, 0.6) is 0 Å². The number of benzene rings is 2. The molecule has 2 aromatic carbocycles. The minimum absolute atomic E-state index is 0.158. The zero-order chi connectivity index (χ0) is 19.4. The molecule has 0 unspecified atom stereocenters. The molecule has 0 bridgehead atoms. The van der Waals surface area contributed by atoms with Gasteiger partial charge in [-0.3, -0.25) is 14.8 Å². The Hall–Kier alpha value is -2.71.